The Balaban J connectivity index is 2.13. The average Bonchev–Trinajstić information content (AvgIpc) is 2.52. The van der Waals surface area contributed by atoms with E-state index in [1.165, 1.54) is 50.5 Å². The summed E-state index contributed by atoms with van der Waals surface area (Å²) >= 11 is 0. The quantitative estimate of drug-likeness (QED) is 0.578. The SMILES string of the molecule is CCCCCCCCCc1ccc(OC[C@@H](O)CO)cc1. The van der Waals surface area contributed by atoms with E-state index in [9.17, 15) is 5.11 Å². The highest BCUT2D eigenvalue weighted by molar-refractivity contribution is 5.27. The van der Waals surface area contributed by atoms with Crippen LogP contribution in [0.5, 0.6) is 5.75 Å². The molecule has 120 valence electrons. The third-order valence-electron chi connectivity index (χ3n) is 3.65. The number of hydrogen-bond donors (Lipinski definition) is 2. The summed E-state index contributed by atoms with van der Waals surface area (Å²) in [4.78, 5) is 0. The van der Waals surface area contributed by atoms with E-state index in [4.69, 9.17) is 9.84 Å². The maximum absolute atomic E-state index is 9.22. The summed E-state index contributed by atoms with van der Waals surface area (Å²) in [6.45, 7) is 2.11. The Morgan fingerprint density at radius 3 is 2.19 bits per heavy atom. The largest absolute Gasteiger partial charge is 0.491 e. The minimum atomic E-state index is -0.808. The number of unbranched alkanes of at least 4 members (excludes halogenated alkanes) is 6. The van der Waals surface area contributed by atoms with Gasteiger partial charge in [0, 0.05) is 0 Å². The Bertz CT molecular complexity index is 348. The summed E-state index contributed by atoms with van der Waals surface area (Å²) < 4.78 is 5.38. The van der Waals surface area contributed by atoms with Crippen LogP contribution in [-0.4, -0.2) is 29.5 Å². The zero-order chi connectivity index (χ0) is 15.3. The van der Waals surface area contributed by atoms with Crippen LogP contribution in [-0.2, 0) is 6.42 Å². The molecule has 1 aromatic carbocycles. The van der Waals surface area contributed by atoms with Gasteiger partial charge in [-0.1, -0.05) is 57.6 Å². The number of aliphatic hydroxyl groups is 2. The van der Waals surface area contributed by atoms with Crippen LogP contribution in [0.1, 0.15) is 57.4 Å². The van der Waals surface area contributed by atoms with Gasteiger partial charge in [0.05, 0.1) is 6.61 Å². The summed E-state index contributed by atoms with van der Waals surface area (Å²) in [7, 11) is 0. The van der Waals surface area contributed by atoms with Crippen molar-refractivity contribution < 1.29 is 14.9 Å². The highest BCUT2D eigenvalue weighted by Crippen LogP contribution is 2.15. The van der Waals surface area contributed by atoms with Crippen LogP contribution in [0.3, 0.4) is 0 Å². The molecule has 0 unspecified atom stereocenters. The molecule has 0 aromatic heterocycles. The van der Waals surface area contributed by atoms with Crippen molar-refractivity contribution in [3.8, 4) is 5.75 Å². The number of rotatable bonds is 12. The lowest BCUT2D eigenvalue weighted by Gasteiger charge is -2.10. The molecule has 3 heteroatoms. The molecule has 0 aliphatic heterocycles. The van der Waals surface area contributed by atoms with E-state index < -0.39 is 6.10 Å². The summed E-state index contributed by atoms with van der Waals surface area (Å²) in [5.41, 5.74) is 1.33. The predicted octanol–water partition coefficient (Wildman–Crippen LogP) is 3.71. The molecule has 1 atom stereocenters. The van der Waals surface area contributed by atoms with Gasteiger partial charge in [0.1, 0.15) is 18.5 Å². The first-order chi connectivity index (χ1) is 10.3. The first kappa shape index (κ1) is 18.0. The van der Waals surface area contributed by atoms with Crippen molar-refractivity contribution in [1.82, 2.24) is 0 Å². The molecule has 3 nitrogen and oxygen atoms in total. The maximum atomic E-state index is 9.22. The third-order valence-corrected chi connectivity index (χ3v) is 3.65. The Morgan fingerprint density at radius 1 is 0.952 bits per heavy atom. The van der Waals surface area contributed by atoms with Crippen molar-refractivity contribution in [3.05, 3.63) is 29.8 Å². The molecule has 0 bridgehead atoms. The normalized spacial score (nSPS) is 12.3. The van der Waals surface area contributed by atoms with E-state index >= 15 is 0 Å². The van der Waals surface area contributed by atoms with Crippen LogP contribution in [0.4, 0.5) is 0 Å². The van der Waals surface area contributed by atoms with Gasteiger partial charge in [-0.05, 0) is 30.5 Å². The molecule has 1 rings (SSSR count). The van der Waals surface area contributed by atoms with E-state index in [0.29, 0.717) is 0 Å². The average molecular weight is 294 g/mol. The molecule has 0 amide bonds. The molecule has 2 N–H and O–H groups in total. The molecule has 0 saturated carbocycles. The first-order valence-corrected chi connectivity index (χ1v) is 8.27. The highest BCUT2D eigenvalue weighted by Gasteiger charge is 2.03. The second-order valence-corrected chi connectivity index (χ2v) is 5.66. The predicted molar refractivity (Wildman–Crippen MR) is 86.7 cm³/mol. The smallest absolute Gasteiger partial charge is 0.119 e. The maximum Gasteiger partial charge on any atom is 0.119 e. The van der Waals surface area contributed by atoms with E-state index in [-0.39, 0.29) is 13.2 Å². The van der Waals surface area contributed by atoms with E-state index in [0.717, 1.165) is 12.2 Å². The van der Waals surface area contributed by atoms with Crippen molar-refractivity contribution in [3.63, 3.8) is 0 Å². The highest BCUT2D eigenvalue weighted by atomic mass is 16.5. The molecule has 0 fully saturated rings. The van der Waals surface area contributed by atoms with Gasteiger partial charge in [0.25, 0.3) is 0 Å². The van der Waals surface area contributed by atoms with Crippen molar-refractivity contribution in [2.24, 2.45) is 0 Å². The fourth-order valence-corrected chi connectivity index (χ4v) is 2.28. The minimum Gasteiger partial charge on any atom is -0.491 e. The van der Waals surface area contributed by atoms with Crippen molar-refractivity contribution in [2.75, 3.05) is 13.2 Å². The molecule has 1 aromatic rings. The van der Waals surface area contributed by atoms with E-state index in [2.05, 4.69) is 19.1 Å². The molecule has 0 heterocycles. The monoisotopic (exact) mass is 294 g/mol. The van der Waals surface area contributed by atoms with Crippen LogP contribution in [0.25, 0.3) is 0 Å². The molecule has 0 aliphatic rings. The lowest BCUT2D eigenvalue weighted by molar-refractivity contribution is 0.0536. The molecule has 0 radical (unpaired) electrons. The van der Waals surface area contributed by atoms with Gasteiger partial charge in [-0.2, -0.15) is 0 Å². The van der Waals surface area contributed by atoms with Crippen LogP contribution in [0, 0.1) is 0 Å². The number of aryl methyl sites for hydroxylation is 1. The summed E-state index contributed by atoms with van der Waals surface area (Å²) in [5.74, 6) is 0.741. The van der Waals surface area contributed by atoms with Crippen LogP contribution >= 0.6 is 0 Å². The van der Waals surface area contributed by atoms with Crippen molar-refractivity contribution in [2.45, 2.75) is 64.4 Å². The number of aliphatic hydroxyl groups excluding tert-OH is 2. The lowest BCUT2D eigenvalue weighted by atomic mass is 10.0. The zero-order valence-electron chi connectivity index (χ0n) is 13.3. The summed E-state index contributed by atoms with van der Waals surface area (Å²) in [5, 5.41) is 17.9. The first-order valence-electron chi connectivity index (χ1n) is 8.27. The Morgan fingerprint density at radius 2 is 1.57 bits per heavy atom. The Labute approximate surface area is 129 Å². The molecule has 0 spiro atoms. The Hall–Kier alpha value is -1.06. The van der Waals surface area contributed by atoms with Crippen LogP contribution in [0.2, 0.25) is 0 Å². The van der Waals surface area contributed by atoms with E-state index in [1.807, 2.05) is 12.1 Å². The fourth-order valence-electron chi connectivity index (χ4n) is 2.28. The fraction of sp³-hybridized carbons (Fsp3) is 0.667. The molecular formula is C18H30O3. The number of benzene rings is 1. The standard InChI is InChI=1S/C18H30O3/c1-2-3-4-5-6-7-8-9-16-10-12-18(13-11-16)21-15-17(20)14-19/h10-13,17,19-20H,2-9,14-15H2,1H3/t17-/m0/s1. The topological polar surface area (TPSA) is 49.7 Å². The second kappa shape index (κ2) is 11.6. The molecule has 0 saturated heterocycles. The minimum absolute atomic E-state index is 0.133. The summed E-state index contributed by atoms with van der Waals surface area (Å²) in [6, 6.07) is 8.02. The van der Waals surface area contributed by atoms with Gasteiger partial charge in [-0.25, -0.2) is 0 Å². The molecular weight excluding hydrogens is 264 g/mol. The summed E-state index contributed by atoms with van der Waals surface area (Å²) in [6.07, 6.45) is 9.64. The lowest BCUT2D eigenvalue weighted by Crippen LogP contribution is -2.21. The van der Waals surface area contributed by atoms with Gasteiger partial charge in [-0.15, -0.1) is 0 Å². The molecule has 0 aliphatic carbocycles. The van der Waals surface area contributed by atoms with Gasteiger partial charge in [0.2, 0.25) is 0 Å². The van der Waals surface area contributed by atoms with Gasteiger partial charge in [0.15, 0.2) is 0 Å². The third kappa shape index (κ3) is 8.74. The van der Waals surface area contributed by atoms with Crippen molar-refractivity contribution >= 4 is 0 Å². The van der Waals surface area contributed by atoms with E-state index in [1.54, 1.807) is 0 Å². The number of hydrogen-bond acceptors (Lipinski definition) is 3. The van der Waals surface area contributed by atoms with Gasteiger partial charge in [-0.3, -0.25) is 0 Å². The van der Waals surface area contributed by atoms with Crippen LogP contribution < -0.4 is 4.74 Å². The molecule has 21 heavy (non-hydrogen) atoms. The van der Waals surface area contributed by atoms with Crippen LogP contribution in [0.15, 0.2) is 24.3 Å². The second-order valence-electron chi connectivity index (χ2n) is 5.66. The van der Waals surface area contributed by atoms with Crippen molar-refractivity contribution in [1.29, 1.82) is 0 Å². The van der Waals surface area contributed by atoms with Gasteiger partial charge >= 0.3 is 0 Å². The zero-order valence-corrected chi connectivity index (χ0v) is 13.3. The van der Waals surface area contributed by atoms with Gasteiger partial charge < -0.3 is 14.9 Å². The Kier molecular flexibility index (Phi) is 9.92. The number of ether oxygens (including phenoxy) is 1.